The molecule has 1 rings (SSSR count). The Labute approximate surface area is 84.4 Å². The highest BCUT2D eigenvalue weighted by Gasteiger charge is 2.27. The van der Waals surface area contributed by atoms with Crippen molar-refractivity contribution in [3.63, 3.8) is 0 Å². The van der Waals surface area contributed by atoms with Crippen molar-refractivity contribution in [1.82, 2.24) is 4.98 Å². The molecule has 0 atom stereocenters. The summed E-state index contributed by atoms with van der Waals surface area (Å²) in [6.07, 6.45) is 5.96. The zero-order valence-corrected chi connectivity index (χ0v) is 10.7. The number of hydrogen-bond donors (Lipinski definition) is 1. The van der Waals surface area contributed by atoms with Crippen LogP contribution in [0.4, 0.5) is 0 Å². The minimum atomic E-state index is -1.08. The van der Waals surface area contributed by atoms with Gasteiger partial charge in [0, 0.05) is 0 Å². The number of nitrogens with one attached hydrogen (secondary N) is 1. The van der Waals surface area contributed by atoms with Crippen LogP contribution in [0, 0.1) is 5.92 Å². The van der Waals surface area contributed by atoms with E-state index in [1.54, 1.807) is 0 Å². The van der Waals surface area contributed by atoms with Crippen molar-refractivity contribution in [1.29, 1.82) is 0 Å². The van der Waals surface area contributed by atoms with Crippen LogP contribution >= 0.6 is 0 Å². The van der Waals surface area contributed by atoms with Crippen LogP contribution in [0.25, 0.3) is 0 Å². The third kappa shape index (κ3) is 4.27. The Morgan fingerprint density at radius 1 is 1.23 bits per heavy atom. The van der Waals surface area contributed by atoms with Gasteiger partial charge in [0.2, 0.25) is 0 Å². The van der Waals surface area contributed by atoms with Crippen LogP contribution in [0.15, 0.2) is 0 Å². The summed E-state index contributed by atoms with van der Waals surface area (Å²) in [5.41, 5.74) is 0. The molecule has 0 heterocycles. The molecule has 1 nitrogen and oxygen atoms in total. The molecule has 0 aromatic carbocycles. The van der Waals surface area contributed by atoms with Crippen molar-refractivity contribution in [3.8, 4) is 0 Å². The van der Waals surface area contributed by atoms with E-state index in [-0.39, 0.29) is 0 Å². The molecule has 1 saturated carbocycles. The maximum atomic E-state index is 3.78. The molecule has 0 bridgehead atoms. The number of rotatable bonds is 4. The van der Waals surface area contributed by atoms with Crippen molar-refractivity contribution >= 4 is 8.24 Å². The van der Waals surface area contributed by atoms with Crippen LogP contribution in [0.5, 0.6) is 0 Å². The first-order valence-corrected chi connectivity index (χ1v) is 8.98. The molecule has 0 saturated heterocycles. The van der Waals surface area contributed by atoms with Gasteiger partial charge in [0.25, 0.3) is 0 Å². The SMILES string of the molecule is CC(C)N[Si](C)(C)CC1CCCC1. The lowest BCUT2D eigenvalue weighted by atomic mass is 10.1. The minimum Gasteiger partial charge on any atom is -0.335 e. The summed E-state index contributed by atoms with van der Waals surface area (Å²) in [6.45, 7) is 9.49. The van der Waals surface area contributed by atoms with Crippen LogP contribution < -0.4 is 4.98 Å². The first kappa shape index (κ1) is 11.3. The van der Waals surface area contributed by atoms with E-state index in [0.717, 1.165) is 5.92 Å². The first-order chi connectivity index (χ1) is 5.99. The van der Waals surface area contributed by atoms with Gasteiger partial charge in [-0.1, -0.05) is 52.6 Å². The smallest absolute Gasteiger partial charge is 0.119 e. The predicted molar refractivity (Wildman–Crippen MR) is 62.5 cm³/mol. The summed E-state index contributed by atoms with van der Waals surface area (Å²) in [6, 6.07) is 2.16. The van der Waals surface area contributed by atoms with Crippen LogP contribution in [-0.4, -0.2) is 14.3 Å². The lowest BCUT2D eigenvalue weighted by Gasteiger charge is -2.29. The van der Waals surface area contributed by atoms with E-state index in [0.29, 0.717) is 6.04 Å². The van der Waals surface area contributed by atoms with Gasteiger partial charge in [-0.3, -0.25) is 0 Å². The zero-order valence-electron chi connectivity index (χ0n) is 9.69. The van der Waals surface area contributed by atoms with Crippen LogP contribution in [0.3, 0.4) is 0 Å². The molecule has 0 unspecified atom stereocenters. The molecule has 0 aromatic heterocycles. The summed E-state index contributed by atoms with van der Waals surface area (Å²) in [4.78, 5) is 3.78. The minimum absolute atomic E-state index is 0.670. The Bertz CT molecular complexity index is 148. The van der Waals surface area contributed by atoms with E-state index in [4.69, 9.17) is 0 Å². The first-order valence-electron chi connectivity index (χ1n) is 5.77. The van der Waals surface area contributed by atoms with Gasteiger partial charge < -0.3 is 4.98 Å². The lowest BCUT2D eigenvalue weighted by molar-refractivity contribution is 0.588. The highest BCUT2D eigenvalue weighted by Crippen LogP contribution is 2.31. The Kier molecular flexibility index (Phi) is 3.99. The molecule has 1 aliphatic carbocycles. The van der Waals surface area contributed by atoms with Gasteiger partial charge in [0.1, 0.15) is 8.24 Å². The van der Waals surface area contributed by atoms with Gasteiger partial charge in [-0.15, -0.1) is 0 Å². The Morgan fingerprint density at radius 3 is 2.23 bits per heavy atom. The van der Waals surface area contributed by atoms with E-state index in [1.807, 2.05) is 0 Å². The lowest BCUT2D eigenvalue weighted by Crippen LogP contribution is -2.49. The van der Waals surface area contributed by atoms with Crippen LogP contribution in [0.1, 0.15) is 39.5 Å². The summed E-state index contributed by atoms with van der Waals surface area (Å²) in [5, 5.41) is 0. The second-order valence-electron chi connectivity index (χ2n) is 5.54. The summed E-state index contributed by atoms with van der Waals surface area (Å²) < 4.78 is 0. The molecule has 0 spiro atoms. The molecule has 0 radical (unpaired) electrons. The molecule has 0 aromatic rings. The van der Waals surface area contributed by atoms with Gasteiger partial charge in [-0.2, -0.15) is 0 Å². The van der Waals surface area contributed by atoms with E-state index < -0.39 is 8.24 Å². The van der Waals surface area contributed by atoms with Gasteiger partial charge >= 0.3 is 0 Å². The largest absolute Gasteiger partial charge is 0.335 e. The molecule has 1 aliphatic rings. The van der Waals surface area contributed by atoms with E-state index >= 15 is 0 Å². The fourth-order valence-corrected chi connectivity index (χ4v) is 6.31. The summed E-state index contributed by atoms with van der Waals surface area (Å²) >= 11 is 0. The molecule has 0 amide bonds. The summed E-state index contributed by atoms with van der Waals surface area (Å²) in [5.74, 6) is 1.05. The standard InChI is InChI=1S/C11H25NSi/c1-10(2)12-13(3,4)9-11-7-5-6-8-11/h10-12H,5-9H2,1-4H3. The van der Waals surface area contributed by atoms with Crippen molar-refractivity contribution in [2.45, 2.75) is 64.7 Å². The second kappa shape index (κ2) is 4.60. The highest BCUT2D eigenvalue weighted by molar-refractivity contribution is 6.75. The Morgan fingerprint density at radius 2 is 1.77 bits per heavy atom. The van der Waals surface area contributed by atoms with Crippen molar-refractivity contribution in [2.75, 3.05) is 0 Å². The molecule has 1 N–H and O–H groups in total. The van der Waals surface area contributed by atoms with E-state index in [9.17, 15) is 0 Å². The van der Waals surface area contributed by atoms with Gasteiger partial charge in [0.05, 0.1) is 0 Å². The monoisotopic (exact) mass is 199 g/mol. The number of hydrogen-bond acceptors (Lipinski definition) is 1. The van der Waals surface area contributed by atoms with Gasteiger partial charge in [-0.25, -0.2) is 0 Å². The highest BCUT2D eigenvalue weighted by atomic mass is 28.3. The molecular formula is C11H25NSi. The predicted octanol–water partition coefficient (Wildman–Crippen LogP) is 3.38. The summed E-state index contributed by atoms with van der Waals surface area (Å²) in [7, 11) is -1.08. The Hall–Kier alpha value is 0.177. The molecule has 78 valence electrons. The third-order valence-corrected chi connectivity index (χ3v) is 5.91. The fraction of sp³-hybridized carbons (Fsp3) is 1.00. The van der Waals surface area contributed by atoms with Crippen molar-refractivity contribution in [3.05, 3.63) is 0 Å². The molecule has 13 heavy (non-hydrogen) atoms. The molecular weight excluding hydrogens is 174 g/mol. The normalized spacial score (nSPS) is 20.1. The van der Waals surface area contributed by atoms with Crippen molar-refractivity contribution in [2.24, 2.45) is 5.92 Å². The van der Waals surface area contributed by atoms with Crippen molar-refractivity contribution < 1.29 is 0 Å². The molecule has 0 aliphatic heterocycles. The topological polar surface area (TPSA) is 12.0 Å². The molecule has 1 fully saturated rings. The third-order valence-electron chi connectivity index (χ3n) is 2.95. The van der Waals surface area contributed by atoms with Gasteiger partial charge in [-0.05, 0) is 18.0 Å². The molecule has 2 heteroatoms. The Balaban J connectivity index is 2.31. The maximum absolute atomic E-state index is 3.78. The fourth-order valence-electron chi connectivity index (χ4n) is 2.78. The maximum Gasteiger partial charge on any atom is 0.119 e. The zero-order chi connectivity index (χ0) is 9.90. The average molecular weight is 199 g/mol. The quantitative estimate of drug-likeness (QED) is 0.685. The van der Waals surface area contributed by atoms with Crippen LogP contribution in [0.2, 0.25) is 19.1 Å². The second-order valence-corrected chi connectivity index (χ2v) is 10.0. The van der Waals surface area contributed by atoms with Crippen LogP contribution in [-0.2, 0) is 0 Å². The average Bonchev–Trinajstić information content (AvgIpc) is 2.34. The van der Waals surface area contributed by atoms with E-state index in [2.05, 4.69) is 31.9 Å². The van der Waals surface area contributed by atoms with E-state index in [1.165, 1.54) is 31.7 Å². The van der Waals surface area contributed by atoms with Gasteiger partial charge in [0.15, 0.2) is 0 Å².